The molecule has 2 heteroatoms. The zero-order chi connectivity index (χ0) is 15.6. The van der Waals surface area contributed by atoms with Crippen molar-refractivity contribution in [3.63, 3.8) is 0 Å². The van der Waals surface area contributed by atoms with Gasteiger partial charge in [0.25, 0.3) is 0 Å². The van der Waals surface area contributed by atoms with E-state index in [1.165, 1.54) is 40.8 Å². The van der Waals surface area contributed by atoms with Crippen molar-refractivity contribution >= 4 is 11.3 Å². The molecule has 0 N–H and O–H groups in total. The van der Waals surface area contributed by atoms with Crippen molar-refractivity contribution in [3.05, 3.63) is 71.1 Å². The third kappa shape index (κ3) is 2.75. The molecule has 3 aromatic rings. The minimum Gasteiger partial charge on any atom is -0.497 e. The SMILES string of the molecule is COc1ccc(-c2cc(-c3ccccc3)c3c([s+]2)CCC3)cc1. The van der Waals surface area contributed by atoms with Crippen LogP contribution < -0.4 is 4.74 Å². The molecular formula is C21H19OS+. The minimum atomic E-state index is 0.906. The van der Waals surface area contributed by atoms with Crippen LogP contribution in [0.4, 0.5) is 0 Å². The average Bonchev–Trinajstić information content (AvgIpc) is 3.10. The summed E-state index contributed by atoms with van der Waals surface area (Å²) in [6.45, 7) is 0. The molecule has 0 atom stereocenters. The molecule has 1 nitrogen and oxygen atoms in total. The number of benzene rings is 2. The van der Waals surface area contributed by atoms with E-state index in [4.69, 9.17) is 4.74 Å². The van der Waals surface area contributed by atoms with Crippen molar-refractivity contribution in [2.45, 2.75) is 19.3 Å². The van der Waals surface area contributed by atoms with Crippen molar-refractivity contribution < 1.29 is 4.74 Å². The van der Waals surface area contributed by atoms with E-state index in [1.807, 2.05) is 23.5 Å². The van der Waals surface area contributed by atoms with Crippen molar-refractivity contribution in [2.24, 2.45) is 0 Å². The van der Waals surface area contributed by atoms with E-state index in [1.54, 1.807) is 17.6 Å². The minimum absolute atomic E-state index is 0.906. The van der Waals surface area contributed by atoms with Gasteiger partial charge in [0, 0.05) is 23.6 Å². The van der Waals surface area contributed by atoms with Crippen LogP contribution in [0.25, 0.3) is 21.6 Å². The normalized spacial score (nSPS) is 12.9. The Kier molecular flexibility index (Phi) is 3.84. The summed E-state index contributed by atoms with van der Waals surface area (Å²) in [5.74, 6) is 0.906. The Hall–Kier alpha value is -2.19. The molecule has 0 saturated carbocycles. The molecule has 0 saturated heterocycles. The Bertz CT molecular complexity index is 822. The Labute approximate surface area is 141 Å². The molecule has 0 fully saturated rings. The Morgan fingerprint density at radius 2 is 1.65 bits per heavy atom. The lowest BCUT2D eigenvalue weighted by molar-refractivity contribution is 0.415. The van der Waals surface area contributed by atoms with Gasteiger partial charge in [-0.2, -0.15) is 0 Å². The molecule has 1 heterocycles. The number of ether oxygens (including phenoxy) is 1. The first-order valence-corrected chi connectivity index (χ1v) is 8.85. The van der Waals surface area contributed by atoms with Crippen molar-refractivity contribution in [2.75, 3.05) is 7.11 Å². The molecule has 0 bridgehead atoms. The first-order chi connectivity index (χ1) is 11.3. The fourth-order valence-electron chi connectivity index (χ4n) is 3.27. The van der Waals surface area contributed by atoms with Gasteiger partial charge in [-0.3, -0.25) is 0 Å². The predicted octanol–water partition coefficient (Wildman–Crippen LogP) is 5.86. The van der Waals surface area contributed by atoms with E-state index in [0.29, 0.717) is 0 Å². The van der Waals surface area contributed by atoms with Crippen molar-refractivity contribution in [1.29, 1.82) is 0 Å². The second kappa shape index (κ2) is 6.13. The second-order valence-electron chi connectivity index (χ2n) is 5.87. The molecule has 114 valence electrons. The molecule has 4 rings (SSSR count). The highest BCUT2D eigenvalue weighted by Crippen LogP contribution is 2.40. The maximum Gasteiger partial charge on any atom is 0.238 e. The Morgan fingerprint density at radius 1 is 0.870 bits per heavy atom. The highest BCUT2D eigenvalue weighted by atomic mass is 32.1. The number of rotatable bonds is 3. The summed E-state index contributed by atoms with van der Waals surface area (Å²) in [4.78, 5) is 2.89. The quantitative estimate of drug-likeness (QED) is 0.549. The van der Waals surface area contributed by atoms with Crippen LogP contribution >= 0.6 is 11.3 Å². The largest absolute Gasteiger partial charge is 0.497 e. The lowest BCUT2D eigenvalue weighted by Crippen LogP contribution is -1.89. The smallest absolute Gasteiger partial charge is 0.238 e. The van der Waals surface area contributed by atoms with E-state index < -0.39 is 0 Å². The molecule has 0 spiro atoms. The van der Waals surface area contributed by atoms with E-state index in [9.17, 15) is 0 Å². The summed E-state index contributed by atoms with van der Waals surface area (Å²) in [6.07, 6.45) is 3.69. The second-order valence-corrected chi connectivity index (χ2v) is 7.01. The van der Waals surface area contributed by atoms with Crippen LogP contribution in [0.15, 0.2) is 60.7 Å². The van der Waals surface area contributed by atoms with Gasteiger partial charge in [-0.15, -0.1) is 0 Å². The predicted molar refractivity (Wildman–Crippen MR) is 98.2 cm³/mol. The summed E-state index contributed by atoms with van der Waals surface area (Å²) in [5, 5.41) is 0. The lowest BCUT2D eigenvalue weighted by Gasteiger charge is -2.06. The number of hydrogen-bond acceptors (Lipinski definition) is 1. The lowest BCUT2D eigenvalue weighted by atomic mass is 10.00. The van der Waals surface area contributed by atoms with Crippen molar-refractivity contribution in [1.82, 2.24) is 0 Å². The molecule has 0 aliphatic heterocycles. The number of aryl methyl sites for hydroxylation is 1. The van der Waals surface area contributed by atoms with Crippen LogP contribution in [0.3, 0.4) is 0 Å². The van der Waals surface area contributed by atoms with Crippen LogP contribution in [-0.4, -0.2) is 7.11 Å². The Balaban J connectivity index is 1.85. The van der Waals surface area contributed by atoms with E-state index in [0.717, 1.165) is 5.75 Å². The maximum absolute atomic E-state index is 5.28. The van der Waals surface area contributed by atoms with Crippen molar-refractivity contribution in [3.8, 4) is 27.3 Å². The first-order valence-electron chi connectivity index (χ1n) is 8.04. The van der Waals surface area contributed by atoms with Gasteiger partial charge in [-0.1, -0.05) is 30.3 Å². The van der Waals surface area contributed by atoms with Gasteiger partial charge in [-0.25, -0.2) is 0 Å². The number of hydrogen-bond donors (Lipinski definition) is 0. The van der Waals surface area contributed by atoms with E-state index >= 15 is 0 Å². The van der Waals surface area contributed by atoms with Crippen LogP contribution in [0.5, 0.6) is 5.75 Å². The zero-order valence-corrected chi connectivity index (χ0v) is 14.0. The fraction of sp³-hybridized carbons (Fsp3) is 0.190. The molecule has 23 heavy (non-hydrogen) atoms. The standard InChI is InChI=1S/C21H19OS/c1-22-17-12-10-16(11-13-17)21-14-19(15-6-3-2-4-7-15)18-8-5-9-20(18)23-21/h2-4,6-7,10-14H,5,8-9H2,1H3/q+1. The third-order valence-electron chi connectivity index (χ3n) is 4.46. The molecular weight excluding hydrogens is 300 g/mol. The number of fused-ring (bicyclic) bond motifs is 1. The first kappa shape index (κ1) is 14.4. The van der Waals surface area contributed by atoms with Crippen LogP contribution in [-0.2, 0) is 12.8 Å². The monoisotopic (exact) mass is 319 g/mol. The van der Waals surface area contributed by atoms with Gasteiger partial charge in [-0.05, 0) is 48.2 Å². The van der Waals surface area contributed by atoms with Gasteiger partial charge in [0.05, 0.1) is 7.11 Å². The topological polar surface area (TPSA) is 9.23 Å². The van der Waals surface area contributed by atoms with E-state index in [2.05, 4.69) is 48.5 Å². The van der Waals surface area contributed by atoms with Gasteiger partial charge in [0.15, 0.2) is 0 Å². The molecule has 0 unspecified atom stereocenters. The fourth-order valence-corrected chi connectivity index (χ4v) is 4.54. The Morgan fingerprint density at radius 3 is 2.39 bits per heavy atom. The van der Waals surface area contributed by atoms with Crippen LogP contribution in [0.1, 0.15) is 16.9 Å². The van der Waals surface area contributed by atoms with Gasteiger partial charge in [0.1, 0.15) is 5.75 Å². The highest BCUT2D eigenvalue weighted by Gasteiger charge is 2.27. The summed E-state index contributed by atoms with van der Waals surface area (Å²) in [5.41, 5.74) is 5.55. The molecule has 0 amide bonds. The highest BCUT2D eigenvalue weighted by molar-refractivity contribution is 7.15. The van der Waals surface area contributed by atoms with Gasteiger partial charge in [0.2, 0.25) is 21.1 Å². The summed E-state index contributed by atoms with van der Waals surface area (Å²) in [6, 6.07) is 21.5. The zero-order valence-electron chi connectivity index (χ0n) is 13.2. The van der Waals surface area contributed by atoms with Gasteiger partial charge < -0.3 is 4.74 Å². The molecule has 1 aliphatic carbocycles. The summed E-state index contributed by atoms with van der Waals surface area (Å²) in [7, 11) is 1.71. The maximum atomic E-state index is 5.28. The third-order valence-corrected chi connectivity index (χ3v) is 5.73. The van der Waals surface area contributed by atoms with Crippen LogP contribution in [0, 0.1) is 0 Å². The van der Waals surface area contributed by atoms with E-state index in [-0.39, 0.29) is 0 Å². The molecule has 1 aliphatic rings. The molecule has 0 radical (unpaired) electrons. The summed E-state index contributed by atoms with van der Waals surface area (Å²) >= 11 is 1.95. The average molecular weight is 319 g/mol. The summed E-state index contributed by atoms with van der Waals surface area (Å²) < 4.78 is 5.28. The molecule has 1 aromatic heterocycles. The van der Waals surface area contributed by atoms with Crippen LogP contribution in [0.2, 0.25) is 0 Å². The van der Waals surface area contributed by atoms with Gasteiger partial charge >= 0.3 is 0 Å². The molecule has 2 aromatic carbocycles. The number of methoxy groups -OCH3 is 1.